The second kappa shape index (κ2) is 6.89. The van der Waals surface area contributed by atoms with Gasteiger partial charge in [-0.3, -0.25) is 9.59 Å². The van der Waals surface area contributed by atoms with Crippen molar-refractivity contribution >= 4 is 11.8 Å². The molecule has 5 nitrogen and oxygen atoms in total. The highest BCUT2D eigenvalue weighted by Gasteiger charge is 2.25. The molecular weight excluding hydrogens is 242 g/mol. The minimum Gasteiger partial charge on any atom is -0.347 e. The molecule has 108 valence electrons. The van der Waals surface area contributed by atoms with E-state index in [4.69, 9.17) is 0 Å². The molecule has 2 aliphatic rings. The number of piperazine rings is 1. The fourth-order valence-electron chi connectivity index (χ4n) is 2.98. The largest absolute Gasteiger partial charge is 0.347 e. The van der Waals surface area contributed by atoms with Crippen LogP contribution in [0.15, 0.2) is 0 Å². The summed E-state index contributed by atoms with van der Waals surface area (Å²) >= 11 is 0. The van der Waals surface area contributed by atoms with Crippen LogP contribution in [0, 0.1) is 5.92 Å². The Balaban J connectivity index is 1.74. The Bertz CT molecular complexity index is 327. The van der Waals surface area contributed by atoms with Crippen molar-refractivity contribution in [3.8, 4) is 0 Å². The SMILES string of the molecule is C[C@H]1CNCCN1C(=O)CNC(=O)C1CCCCC1. The zero-order valence-electron chi connectivity index (χ0n) is 11.8. The van der Waals surface area contributed by atoms with Crippen LogP contribution in [0.2, 0.25) is 0 Å². The van der Waals surface area contributed by atoms with Crippen LogP contribution >= 0.6 is 0 Å². The minimum absolute atomic E-state index is 0.0400. The third-order valence-corrected chi connectivity index (χ3v) is 4.21. The monoisotopic (exact) mass is 267 g/mol. The lowest BCUT2D eigenvalue weighted by Crippen LogP contribution is -2.54. The number of hydrogen-bond donors (Lipinski definition) is 2. The summed E-state index contributed by atoms with van der Waals surface area (Å²) in [5.74, 6) is 0.232. The molecule has 0 aromatic rings. The van der Waals surface area contributed by atoms with Gasteiger partial charge >= 0.3 is 0 Å². The third-order valence-electron chi connectivity index (χ3n) is 4.21. The van der Waals surface area contributed by atoms with E-state index >= 15 is 0 Å². The molecule has 1 aliphatic heterocycles. The molecule has 5 heteroatoms. The highest BCUT2D eigenvalue weighted by molar-refractivity contribution is 5.86. The summed E-state index contributed by atoms with van der Waals surface area (Å²) in [7, 11) is 0. The number of hydrogen-bond acceptors (Lipinski definition) is 3. The standard InChI is InChI=1S/C14H25N3O2/c1-11-9-15-7-8-17(11)13(18)10-16-14(19)12-5-3-2-4-6-12/h11-12,15H,2-10H2,1H3,(H,16,19)/t11-/m0/s1. The van der Waals surface area contributed by atoms with Crippen molar-refractivity contribution in [2.24, 2.45) is 5.92 Å². The van der Waals surface area contributed by atoms with Gasteiger partial charge in [-0.25, -0.2) is 0 Å². The molecule has 1 aliphatic carbocycles. The summed E-state index contributed by atoms with van der Waals surface area (Å²) in [6.07, 6.45) is 5.47. The summed E-state index contributed by atoms with van der Waals surface area (Å²) in [6.45, 7) is 4.60. The molecule has 0 aromatic carbocycles. The van der Waals surface area contributed by atoms with Gasteiger partial charge in [0.1, 0.15) is 0 Å². The van der Waals surface area contributed by atoms with Crippen LogP contribution in [0.3, 0.4) is 0 Å². The molecule has 0 unspecified atom stereocenters. The van der Waals surface area contributed by atoms with Gasteiger partial charge in [0, 0.05) is 31.6 Å². The Morgan fingerprint density at radius 3 is 2.68 bits per heavy atom. The third kappa shape index (κ3) is 3.93. The van der Waals surface area contributed by atoms with E-state index in [1.807, 2.05) is 11.8 Å². The first kappa shape index (κ1) is 14.3. The first-order valence-electron chi connectivity index (χ1n) is 7.46. The van der Waals surface area contributed by atoms with Crippen LogP contribution < -0.4 is 10.6 Å². The molecule has 2 rings (SSSR count). The highest BCUT2D eigenvalue weighted by atomic mass is 16.2. The Kier molecular flexibility index (Phi) is 5.19. The molecule has 1 atom stereocenters. The van der Waals surface area contributed by atoms with Crippen LogP contribution in [0.1, 0.15) is 39.0 Å². The van der Waals surface area contributed by atoms with Gasteiger partial charge in [-0.05, 0) is 19.8 Å². The van der Waals surface area contributed by atoms with Crippen molar-refractivity contribution in [1.82, 2.24) is 15.5 Å². The van der Waals surface area contributed by atoms with Gasteiger partial charge < -0.3 is 15.5 Å². The summed E-state index contributed by atoms with van der Waals surface area (Å²) < 4.78 is 0. The van der Waals surface area contributed by atoms with Crippen molar-refractivity contribution in [3.05, 3.63) is 0 Å². The van der Waals surface area contributed by atoms with Gasteiger partial charge in [-0.2, -0.15) is 0 Å². The van der Waals surface area contributed by atoms with Crippen LogP contribution in [-0.4, -0.2) is 48.9 Å². The molecule has 2 fully saturated rings. The van der Waals surface area contributed by atoms with E-state index in [0.29, 0.717) is 0 Å². The minimum atomic E-state index is 0.0400. The number of amides is 2. The van der Waals surface area contributed by atoms with E-state index in [2.05, 4.69) is 10.6 Å². The van der Waals surface area contributed by atoms with E-state index < -0.39 is 0 Å². The second-order valence-electron chi connectivity index (χ2n) is 5.69. The number of carbonyl (C=O) groups is 2. The number of nitrogens with one attached hydrogen (secondary N) is 2. The lowest BCUT2D eigenvalue weighted by molar-refractivity contribution is -0.136. The zero-order chi connectivity index (χ0) is 13.7. The molecule has 1 saturated heterocycles. The Hall–Kier alpha value is -1.10. The lowest BCUT2D eigenvalue weighted by atomic mass is 9.89. The zero-order valence-corrected chi connectivity index (χ0v) is 11.8. The summed E-state index contributed by atoms with van der Waals surface area (Å²) in [6, 6.07) is 0.216. The average Bonchev–Trinajstić information content (AvgIpc) is 2.46. The molecular formula is C14H25N3O2. The Morgan fingerprint density at radius 1 is 1.26 bits per heavy atom. The lowest BCUT2D eigenvalue weighted by Gasteiger charge is -2.34. The number of carbonyl (C=O) groups excluding carboxylic acids is 2. The normalized spacial score (nSPS) is 25.1. The fourth-order valence-corrected chi connectivity index (χ4v) is 2.98. The maximum absolute atomic E-state index is 12.1. The van der Waals surface area contributed by atoms with Crippen LogP contribution in [-0.2, 0) is 9.59 Å². The van der Waals surface area contributed by atoms with Gasteiger partial charge in [-0.1, -0.05) is 19.3 Å². The van der Waals surface area contributed by atoms with E-state index in [-0.39, 0.29) is 30.3 Å². The Labute approximate surface area is 115 Å². The molecule has 0 spiro atoms. The van der Waals surface area contributed by atoms with Crippen LogP contribution in [0.4, 0.5) is 0 Å². The fraction of sp³-hybridized carbons (Fsp3) is 0.857. The molecule has 19 heavy (non-hydrogen) atoms. The highest BCUT2D eigenvalue weighted by Crippen LogP contribution is 2.23. The van der Waals surface area contributed by atoms with Crippen LogP contribution in [0.5, 0.6) is 0 Å². The van der Waals surface area contributed by atoms with E-state index in [1.165, 1.54) is 6.42 Å². The quantitative estimate of drug-likeness (QED) is 0.783. The van der Waals surface area contributed by atoms with Gasteiger partial charge in [0.15, 0.2) is 0 Å². The molecule has 2 amide bonds. The summed E-state index contributed by atoms with van der Waals surface area (Å²) in [5, 5.41) is 6.07. The summed E-state index contributed by atoms with van der Waals surface area (Å²) in [5.41, 5.74) is 0. The molecule has 0 radical (unpaired) electrons. The number of nitrogens with zero attached hydrogens (tertiary/aromatic N) is 1. The van der Waals surface area contributed by atoms with Crippen molar-refractivity contribution in [2.75, 3.05) is 26.2 Å². The topological polar surface area (TPSA) is 61.4 Å². The first-order valence-corrected chi connectivity index (χ1v) is 7.46. The van der Waals surface area contributed by atoms with Gasteiger partial charge in [0.05, 0.1) is 6.54 Å². The van der Waals surface area contributed by atoms with Gasteiger partial charge in [0.25, 0.3) is 0 Å². The molecule has 2 N–H and O–H groups in total. The van der Waals surface area contributed by atoms with Crippen LogP contribution in [0.25, 0.3) is 0 Å². The van der Waals surface area contributed by atoms with E-state index in [0.717, 1.165) is 45.3 Å². The van der Waals surface area contributed by atoms with Gasteiger partial charge in [-0.15, -0.1) is 0 Å². The molecule has 0 aromatic heterocycles. The van der Waals surface area contributed by atoms with E-state index in [9.17, 15) is 9.59 Å². The predicted octanol–water partition coefficient (Wildman–Crippen LogP) is 0.503. The second-order valence-corrected chi connectivity index (χ2v) is 5.69. The average molecular weight is 267 g/mol. The van der Waals surface area contributed by atoms with E-state index in [1.54, 1.807) is 0 Å². The first-order chi connectivity index (χ1) is 9.18. The van der Waals surface area contributed by atoms with Crippen molar-refractivity contribution in [3.63, 3.8) is 0 Å². The predicted molar refractivity (Wildman–Crippen MR) is 73.6 cm³/mol. The molecule has 0 bridgehead atoms. The van der Waals surface area contributed by atoms with Crippen molar-refractivity contribution < 1.29 is 9.59 Å². The molecule has 1 heterocycles. The number of rotatable bonds is 3. The Morgan fingerprint density at radius 2 is 2.00 bits per heavy atom. The van der Waals surface area contributed by atoms with Crippen molar-refractivity contribution in [2.45, 2.75) is 45.1 Å². The summed E-state index contributed by atoms with van der Waals surface area (Å²) in [4.78, 5) is 25.9. The molecule has 1 saturated carbocycles. The smallest absolute Gasteiger partial charge is 0.242 e. The maximum Gasteiger partial charge on any atom is 0.242 e. The maximum atomic E-state index is 12.1. The van der Waals surface area contributed by atoms with Gasteiger partial charge in [0.2, 0.25) is 11.8 Å². The van der Waals surface area contributed by atoms with Crippen molar-refractivity contribution in [1.29, 1.82) is 0 Å².